The zero-order valence-electron chi connectivity index (χ0n) is 5.23. The van der Waals surface area contributed by atoms with Crippen LogP contribution in [-0.2, 0) is 10.1 Å². The number of rotatable bonds is 4. The third kappa shape index (κ3) is 3.78. The molecule has 5 nitrogen and oxygen atoms in total. The molecule has 0 fully saturated rings. The Labute approximate surface area is 59.1 Å². The molecule has 0 bridgehead atoms. The molecule has 0 spiro atoms. The lowest BCUT2D eigenvalue weighted by atomic mass is 10.3. The standard InChI is InChI=1S/C4H10O5S/c5-3-1-2-4(6)10(7,8)9/h4-6H,1-3H2,(H,7,8,9)/p-1. The molecule has 1 atom stereocenters. The molecule has 10 heavy (non-hydrogen) atoms. The van der Waals surface area contributed by atoms with Crippen LogP contribution < -0.4 is 0 Å². The van der Waals surface area contributed by atoms with Crippen LogP contribution in [0.1, 0.15) is 12.8 Å². The Kier molecular flexibility index (Phi) is 3.80. The van der Waals surface area contributed by atoms with Gasteiger partial charge in [0.2, 0.25) is 0 Å². The van der Waals surface area contributed by atoms with E-state index in [-0.39, 0.29) is 19.4 Å². The number of hydrogen-bond acceptors (Lipinski definition) is 5. The molecule has 0 aliphatic carbocycles. The minimum atomic E-state index is -4.58. The smallest absolute Gasteiger partial charge is 0.143 e. The van der Waals surface area contributed by atoms with Gasteiger partial charge in [0.25, 0.3) is 0 Å². The van der Waals surface area contributed by atoms with Crippen LogP contribution in [0.4, 0.5) is 0 Å². The van der Waals surface area contributed by atoms with E-state index in [0.29, 0.717) is 0 Å². The molecule has 0 aromatic carbocycles. The summed E-state index contributed by atoms with van der Waals surface area (Å²) in [6.07, 6.45) is -0.0923. The molecule has 6 heteroatoms. The van der Waals surface area contributed by atoms with Crippen molar-refractivity contribution in [1.82, 2.24) is 0 Å². The van der Waals surface area contributed by atoms with E-state index in [1.54, 1.807) is 0 Å². The van der Waals surface area contributed by atoms with Crippen LogP contribution in [-0.4, -0.2) is 35.2 Å². The summed E-state index contributed by atoms with van der Waals surface area (Å²) >= 11 is 0. The summed E-state index contributed by atoms with van der Waals surface area (Å²) in [6, 6.07) is 0. The minimum absolute atomic E-state index is 0.114. The van der Waals surface area contributed by atoms with Crippen LogP contribution in [0.2, 0.25) is 0 Å². The van der Waals surface area contributed by atoms with Crippen molar-refractivity contribution in [2.75, 3.05) is 6.61 Å². The van der Waals surface area contributed by atoms with E-state index in [2.05, 4.69) is 0 Å². The van der Waals surface area contributed by atoms with Crippen LogP contribution in [0.3, 0.4) is 0 Å². The largest absolute Gasteiger partial charge is 0.746 e. The number of aliphatic hydroxyl groups excluding tert-OH is 2. The fourth-order valence-electron chi connectivity index (χ4n) is 0.410. The van der Waals surface area contributed by atoms with E-state index >= 15 is 0 Å². The highest BCUT2D eigenvalue weighted by atomic mass is 32.2. The van der Waals surface area contributed by atoms with E-state index < -0.39 is 15.6 Å². The second kappa shape index (κ2) is 3.87. The Morgan fingerprint density at radius 3 is 2.30 bits per heavy atom. The Hall–Kier alpha value is -0.170. The number of aliphatic hydroxyl groups is 2. The highest BCUT2D eigenvalue weighted by Crippen LogP contribution is 2.01. The first-order valence-corrected chi connectivity index (χ1v) is 4.19. The molecule has 0 aromatic heterocycles. The molecule has 0 radical (unpaired) electrons. The Morgan fingerprint density at radius 2 is 2.00 bits per heavy atom. The van der Waals surface area contributed by atoms with Crippen molar-refractivity contribution in [2.45, 2.75) is 18.3 Å². The predicted molar refractivity (Wildman–Crippen MR) is 32.0 cm³/mol. The Bertz CT molecular complexity index is 172. The highest BCUT2D eigenvalue weighted by Gasteiger charge is 2.09. The van der Waals surface area contributed by atoms with Crippen LogP contribution in [0.25, 0.3) is 0 Å². The van der Waals surface area contributed by atoms with Crippen LogP contribution >= 0.6 is 0 Å². The first-order valence-electron chi connectivity index (χ1n) is 2.72. The molecule has 1 unspecified atom stereocenters. The van der Waals surface area contributed by atoms with Gasteiger partial charge in [-0.15, -0.1) is 0 Å². The van der Waals surface area contributed by atoms with Gasteiger partial charge in [0.1, 0.15) is 15.6 Å². The second-order valence-corrected chi connectivity index (χ2v) is 3.34. The maximum absolute atomic E-state index is 9.95. The van der Waals surface area contributed by atoms with Gasteiger partial charge in [0, 0.05) is 6.61 Å². The van der Waals surface area contributed by atoms with Crippen molar-refractivity contribution in [2.24, 2.45) is 0 Å². The van der Waals surface area contributed by atoms with E-state index in [1.807, 2.05) is 0 Å². The molecule has 0 heterocycles. The Morgan fingerprint density at radius 1 is 1.50 bits per heavy atom. The van der Waals surface area contributed by atoms with E-state index in [9.17, 15) is 13.0 Å². The zero-order valence-corrected chi connectivity index (χ0v) is 6.04. The molecule has 2 N–H and O–H groups in total. The predicted octanol–water partition coefficient (Wildman–Crippen LogP) is -1.38. The summed E-state index contributed by atoms with van der Waals surface area (Å²) in [7, 11) is -4.58. The average molecular weight is 169 g/mol. The molecule has 0 amide bonds. The SMILES string of the molecule is O=S(=O)([O-])C(O)CCCO. The quantitative estimate of drug-likeness (QED) is 0.505. The van der Waals surface area contributed by atoms with E-state index in [1.165, 1.54) is 0 Å². The lowest BCUT2D eigenvalue weighted by Gasteiger charge is -2.13. The average Bonchev–Trinajstić information content (AvgIpc) is 1.80. The van der Waals surface area contributed by atoms with Crippen LogP contribution in [0, 0.1) is 0 Å². The van der Waals surface area contributed by atoms with Crippen molar-refractivity contribution < 1.29 is 23.2 Å². The molecule has 62 valence electrons. The first kappa shape index (κ1) is 9.83. The van der Waals surface area contributed by atoms with Gasteiger partial charge in [-0.1, -0.05) is 0 Å². The van der Waals surface area contributed by atoms with Gasteiger partial charge >= 0.3 is 0 Å². The molecule has 0 saturated heterocycles. The lowest BCUT2D eigenvalue weighted by molar-refractivity contribution is 0.199. The Balaban J connectivity index is 3.75. The van der Waals surface area contributed by atoms with E-state index in [4.69, 9.17) is 10.2 Å². The van der Waals surface area contributed by atoms with Crippen molar-refractivity contribution in [3.05, 3.63) is 0 Å². The molecule has 0 saturated carbocycles. The van der Waals surface area contributed by atoms with Gasteiger partial charge < -0.3 is 14.8 Å². The van der Waals surface area contributed by atoms with Crippen molar-refractivity contribution in [3.8, 4) is 0 Å². The fraction of sp³-hybridized carbons (Fsp3) is 1.00. The third-order valence-corrected chi connectivity index (χ3v) is 1.84. The lowest BCUT2D eigenvalue weighted by Crippen LogP contribution is -2.20. The molecule has 0 aliphatic heterocycles. The minimum Gasteiger partial charge on any atom is -0.746 e. The highest BCUT2D eigenvalue weighted by molar-refractivity contribution is 7.86. The summed E-state index contributed by atoms with van der Waals surface area (Å²) in [5.74, 6) is 0. The van der Waals surface area contributed by atoms with Gasteiger partial charge in [-0.3, -0.25) is 0 Å². The van der Waals surface area contributed by atoms with Crippen molar-refractivity contribution >= 4 is 10.1 Å². The molecular weight excluding hydrogens is 160 g/mol. The summed E-state index contributed by atoms with van der Waals surface area (Å²) in [6.45, 7) is -0.230. The van der Waals surface area contributed by atoms with Crippen LogP contribution in [0.5, 0.6) is 0 Å². The zero-order chi connectivity index (χ0) is 8.20. The van der Waals surface area contributed by atoms with Gasteiger partial charge in [-0.2, -0.15) is 0 Å². The fourth-order valence-corrected chi connectivity index (χ4v) is 0.866. The van der Waals surface area contributed by atoms with Crippen molar-refractivity contribution in [3.63, 3.8) is 0 Å². The topological polar surface area (TPSA) is 97.7 Å². The summed E-state index contributed by atoms with van der Waals surface area (Å²) in [4.78, 5) is 0. The molecule has 0 aromatic rings. The maximum atomic E-state index is 9.95. The van der Waals surface area contributed by atoms with Gasteiger partial charge in [0.15, 0.2) is 0 Å². The first-order chi connectivity index (χ1) is 4.48. The second-order valence-electron chi connectivity index (χ2n) is 1.81. The van der Waals surface area contributed by atoms with Gasteiger partial charge in [-0.25, -0.2) is 8.42 Å². The molecule has 0 rings (SSSR count). The number of hydrogen-bond donors (Lipinski definition) is 2. The maximum Gasteiger partial charge on any atom is 0.143 e. The monoisotopic (exact) mass is 169 g/mol. The van der Waals surface area contributed by atoms with Gasteiger partial charge in [-0.05, 0) is 12.8 Å². The summed E-state index contributed by atoms with van der Waals surface area (Å²) in [5, 5.41) is 16.7. The third-order valence-electron chi connectivity index (χ3n) is 0.942. The molecule has 0 aliphatic rings. The van der Waals surface area contributed by atoms with Gasteiger partial charge in [0.05, 0.1) is 0 Å². The summed E-state index contributed by atoms with van der Waals surface area (Å²) in [5.41, 5.74) is -1.88. The normalized spacial score (nSPS) is 15.1. The van der Waals surface area contributed by atoms with Crippen LogP contribution in [0.15, 0.2) is 0 Å². The van der Waals surface area contributed by atoms with E-state index in [0.717, 1.165) is 0 Å². The van der Waals surface area contributed by atoms with Crippen molar-refractivity contribution in [1.29, 1.82) is 0 Å². The summed E-state index contributed by atoms with van der Waals surface area (Å²) < 4.78 is 29.8. The molecular formula is C4H9O5S-.